The molecule has 0 aliphatic heterocycles. The van der Waals surface area contributed by atoms with Crippen molar-refractivity contribution in [1.82, 2.24) is 19.9 Å². The predicted molar refractivity (Wildman–Crippen MR) is 77.4 cm³/mol. The maximum Gasteiger partial charge on any atom is 0.155 e. The van der Waals surface area contributed by atoms with Crippen molar-refractivity contribution in [2.75, 3.05) is 0 Å². The Hall–Kier alpha value is -1.46. The van der Waals surface area contributed by atoms with Gasteiger partial charge in [-0.15, -0.1) is 0 Å². The molecule has 5 nitrogen and oxygen atoms in total. The van der Waals surface area contributed by atoms with E-state index in [1.807, 2.05) is 29.9 Å². The fraction of sp³-hybridized carbons (Fsp3) is 0.600. The van der Waals surface area contributed by atoms with E-state index in [9.17, 15) is 5.11 Å². The fourth-order valence-corrected chi connectivity index (χ4v) is 2.90. The van der Waals surface area contributed by atoms with Crippen molar-refractivity contribution in [3.63, 3.8) is 0 Å². The van der Waals surface area contributed by atoms with Crippen LogP contribution in [0.15, 0.2) is 18.5 Å². The molecule has 1 saturated carbocycles. The number of fused-ring (bicyclic) bond motifs is 1. The van der Waals surface area contributed by atoms with Crippen LogP contribution in [0.1, 0.15) is 43.4 Å². The quantitative estimate of drug-likeness (QED) is 0.838. The van der Waals surface area contributed by atoms with E-state index in [4.69, 9.17) is 0 Å². The summed E-state index contributed by atoms with van der Waals surface area (Å²) >= 11 is 0. The van der Waals surface area contributed by atoms with E-state index in [1.54, 1.807) is 0 Å². The standard InChI is InChI=1S/C15H22N4O/c1-11-7-15-17-9-12(10-19(15)18-11)8-16-13-5-3-2-4-6-14(13)20/h7,9-10,13-14,16,20H,2-6,8H2,1H3. The molecule has 2 aromatic heterocycles. The van der Waals surface area contributed by atoms with Gasteiger partial charge in [-0.2, -0.15) is 5.10 Å². The van der Waals surface area contributed by atoms with E-state index >= 15 is 0 Å². The highest BCUT2D eigenvalue weighted by atomic mass is 16.3. The molecule has 0 aromatic carbocycles. The van der Waals surface area contributed by atoms with Gasteiger partial charge >= 0.3 is 0 Å². The molecule has 1 aliphatic rings. The number of nitrogens with zero attached hydrogens (tertiary/aromatic N) is 3. The Morgan fingerprint density at radius 3 is 3.10 bits per heavy atom. The first kappa shape index (κ1) is 13.5. The smallest absolute Gasteiger partial charge is 0.155 e. The number of aliphatic hydroxyl groups excluding tert-OH is 1. The molecule has 0 amide bonds. The van der Waals surface area contributed by atoms with Crippen LogP contribution < -0.4 is 5.32 Å². The third-order valence-electron chi connectivity index (χ3n) is 4.04. The maximum absolute atomic E-state index is 10.1. The zero-order valence-corrected chi connectivity index (χ0v) is 11.9. The summed E-state index contributed by atoms with van der Waals surface area (Å²) in [5.41, 5.74) is 2.94. The van der Waals surface area contributed by atoms with E-state index in [2.05, 4.69) is 15.4 Å². The number of aliphatic hydroxyl groups is 1. The van der Waals surface area contributed by atoms with Gasteiger partial charge in [0.1, 0.15) is 0 Å². The SMILES string of the molecule is Cc1cc2ncc(CNC3CCCCCC3O)cn2n1. The minimum Gasteiger partial charge on any atom is -0.392 e. The second kappa shape index (κ2) is 5.89. The molecule has 0 spiro atoms. The largest absolute Gasteiger partial charge is 0.392 e. The molecule has 0 radical (unpaired) electrons. The minimum atomic E-state index is -0.221. The van der Waals surface area contributed by atoms with Crippen LogP contribution in [0, 0.1) is 6.92 Å². The lowest BCUT2D eigenvalue weighted by Gasteiger charge is -2.21. The third-order valence-corrected chi connectivity index (χ3v) is 4.04. The summed E-state index contributed by atoms with van der Waals surface area (Å²) in [6.45, 7) is 2.69. The Morgan fingerprint density at radius 2 is 2.20 bits per heavy atom. The van der Waals surface area contributed by atoms with Crippen molar-refractivity contribution in [2.24, 2.45) is 0 Å². The van der Waals surface area contributed by atoms with Gasteiger partial charge < -0.3 is 10.4 Å². The van der Waals surface area contributed by atoms with Crippen molar-refractivity contribution < 1.29 is 5.11 Å². The maximum atomic E-state index is 10.1. The van der Waals surface area contributed by atoms with E-state index in [0.717, 1.165) is 42.7 Å². The van der Waals surface area contributed by atoms with Crippen LogP contribution in [0.3, 0.4) is 0 Å². The number of hydrogen-bond acceptors (Lipinski definition) is 4. The molecule has 5 heteroatoms. The molecule has 2 N–H and O–H groups in total. The van der Waals surface area contributed by atoms with Gasteiger partial charge in [-0.05, 0) is 19.8 Å². The van der Waals surface area contributed by atoms with E-state index in [1.165, 1.54) is 12.8 Å². The summed E-state index contributed by atoms with van der Waals surface area (Å²) in [6.07, 6.45) is 9.20. The molecular formula is C15H22N4O. The molecule has 1 fully saturated rings. The summed E-state index contributed by atoms with van der Waals surface area (Å²) in [5.74, 6) is 0. The molecule has 0 bridgehead atoms. The van der Waals surface area contributed by atoms with E-state index < -0.39 is 0 Å². The lowest BCUT2D eigenvalue weighted by Crippen LogP contribution is -2.38. The van der Waals surface area contributed by atoms with E-state index in [0.29, 0.717) is 0 Å². The third kappa shape index (κ3) is 2.99. The molecule has 1 aliphatic carbocycles. The normalized spacial score (nSPS) is 23.9. The summed E-state index contributed by atoms with van der Waals surface area (Å²) in [5, 5.41) is 17.9. The van der Waals surface area contributed by atoms with Gasteiger partial charge in [-0.25, -0.2) is 9.50 Å². The van der Waals surface area contributed by atoms with Gasteiger partial charge in [0.15, 0.2) is 5.65 Å². The molecule has 20 heavy (non-hydrogen) atoms. The van der Waals surface area contributed by atoms with Gasteiger partial charge in [-0.3, -0.25) is 0 Å². The van der Waals surface area contributed by atoms with Gasteiger partial charge in [0.25, 0.3) is 0 Å². The van der Waals surface area contributed by atoms with Crippen molar-refractivity contribution in [3.05, 3.63) is 29.7 Å². The van der Waals surface area contributed by atoms with Crippen LogP contribution >= 0.6 is 0 Å². The van der Waals surface area contributed by atoms with Crippen LogP contribution in [0.5, 0.6) is 0 Å². The van der Waals surface area contributed by atoms with Crippen LogP contribution in [-0.2, 0) is 6.54 Å². The zero-order chi connectivity index (χ0) is 13.9. The highest BCUT2D eigenvalue weighted by Crippen LogP contribution is 2.18. The summed E-state index contributed by atoms with van der Waals surface area (Å²) in [6, 6.07) is 2.17. The first-order valence-electron chi connectivity index (χ1n) is 7.45. The molecule has 108 valence electrons. The average molecular weight is 274 g/mol. The number of aryl methyl sites for hydroxylation is 1. The number of hydrogen-bond donors (Lipinski definition) is 2. The first-order valence-corrected chi connectivity index (χ1v) is 7.45. The topological polar surface area (TPSA) is 62.5 Å². The second-order valence-corrected chi connectivity index (χ2v) is 5.74. The van der Waals surface area contributed by atoms with Crippen LogP contribution in [0.25, 0.3) is 5.65 Å². The van der Waals surface area contributed by atoms with Crippen molar-refractivity contribution >= 4 is 5.65 Å². The number of aromatic nitrogens is 3. The summed E-state index contributed by atoms with van der Waals surface area (Å²) in [7, 11) is 0. The molecule has 2 unspecified atom stereocenters. The Morgan fingerprint density at radius 1 is 1.35 bits per heavy atom. The van der Waals surface area contributed by atoms with E-state index in [-0.39, 0.29) is 12.1 Å². The van der Waals surface area contributed by atoms with Gasteiger partial charge in [0.05, 0.1) is 11.8 Å². The van der Waals surface area contributed by atoms with Crippen molar-refractivity contribution in [3.8, 4) is 0 Å². The lowest BCUT2D eigenvalue weighted by atomic mass is 10.1. The fourth-order valence-electron chi connectivity index (χ4n) is 2.90. The van der Waals surface area contributed by atoms with Crippen LogP contribution in [-0.4, -0.2) is 31.9 Å². The average Bonchev–Trinajstić information content (AvgIpc) is 2.67. The second-order valence-electron chi connectivity index (χ2n) is 5.74. The van der Waals surface area contributed by atoms with Gasteiger partial charge in [-0.1, -0.05) is 19.3 Å². The van der Waals surface area contributed by atoms with Gasteiger partial charge in [0, 0.05) is 36.6 Å². The Balaban J connectivity index is 1.66. The van der Waals surface area contributed by atoms with Gasteiger partial charge in [0.2, 0.25) is 0 Å². The molecule has 2 heterocycles. The van der Waals surface area contributed by atoms with Crippen molar-refractivity contribution in [1.29, 1.82) is 0 Å². The highest BCUT2D eigenvalue weighted by molar-refractivity contribution is 5.38. The molecular weight excluding hydrogens is 252 g/mol. The Labute approximate surface area is 119 Å². The van der Waals surface area contributed by atoms with Crippen molar-refractivity contribution in [2.45, 2.75) is 57.7 Å². The lowest BCUT2D eigenvalue weighted by molar-refractivity contribution is 0.119. The van der Waals surface area contributed by atoms with Crippen LogP contribution in [0.2, 0.25) is 0 Å². The zero-order valence-electron chi connectivity index (χ0n) is 11.9. The number of rotatable bonds is 3. The number of nitrogens with one attached hydrogen (secondary N) is 1. The molecule has 0 saturated heterocycles. The Kier molecular flexibility index (Phi) is 3.98. The Bertz CT molecular complexity index is 580. The molecule has 2 atom stereocenters. The minimum absolute atomic E-state index is 0.201. The molecule has 2 aromatic rings. The highest BCUT2D eigenvalue weighted by Gasteiger charge is 2.20. The van der Waals surface area contributed by atoms with Crippen LogP contribution in [0.4, 0.5) is 0 Å². The predicted octanol–water partition coefficient (Wildman–Crippen LogP) is 1.82. The summed E-state index contributed by atoms with van der Waals surface area (Å²) < 4.78 is 1.82. The summed E-state index contributed by atoms with van der Waals surface area (Å²) in [4.78, 5) is 4.40. The molecule has 3 rings (SSSR count). The monoisotopic (exact) mass is 274 g/mol. The first-order chi connectivity index (χ1) is 9.72.